The zero-order valence-electron chi connectivity index (χ0n) is 10.5. The van der Waals surface area contributed by atoms with Crippen molar-refractivity contribution in [3.63, 3.8) is 0 Å². The highest BCUT2D eigenvalue weighted by Crippen LogP contribution is 2.28. The van der Waals surface area contributed by atoms with E-state index in [1.54, 1.807) is 0 Å². The van der Waals surface area contributed by atoms with E-state index in [1.807, 2.05) is 43.3 Å². The summed E-state index contributed by atoms with van der Waals surface area (Å²) < 4.78 is 0.952. The summed E-state index contributed by atoms with van der Waals surface area (Å²) in [5.74, 6) is 0.572. The molecule has 1 heterocycles. The first kappa shape index (κ1) is 13.8. The molecule has 5 heteroatoms. The second-order valence-electron chi connectivity index (χ2n) is 4.46. The third-order valence-corrected chi connectivity index (χ3v) is 4.23. The topological polar surface area (TPSA) is 25.8 Å². The predicted molar refractivity (Wildman–Crippen MR) is 87.4 cm³/mol. The monoisotopic (exact) mass is 366 g/mol. The SMILES string of the molecule is Cc1ccc(-c2nc(Cl)c3ccc(Br)cc3n2)cc1Cl. The van der Waals surface area contributed by atoms with Gasteiger partial charge in [-0.05, 0) is 36.8 Å². The Labute approximate surface area is 134 Å². The molecule has 0 bridgehead atoms. The molecule has 0 spiro atoms. The molecule has 0 amide bonds. The summed E-state index contributed by atoms with van der Waals surface area (Å²) in [6, 6.07) is 11.5. The van der Waals surface area contributed by atoms with Crippen molar-refractivity contribution in [2.75, 3.05) is 0 Å². The number of fused-ring (bicyclic) bond motifs is 1. The van der Waals surface area contributed by atoms with Gasteiger partial charge in [-0.25, -0.2) is 9.97 Å². The van der Waals surface area contributed by atoms with E-state index in [4.69, 9.17) is 23.2 Å². The van der Waals surface area contributed by atoms with Crippen molar-refractivity contribution in [1.29, 1.82) is 0 Å². The van der Waals surface area contributed by atoms with Gasteiger partial charge >= 0.3 is 0 Å². The number of nitrogens with zero attached hydrogens (tertiary/aromatic N) is 2. The van der Waals surface area contributed by atoms with Crippen LogP contribution in [0.4, 0.5) is 0 Å². The van der Waals surface area contributed by atoms with Crippen LogP contribution >= 0.6 is 39.1 Å². The number of benzene rings is 2. The fourth-order valence-electron chi connectivity index (χ4n) is 1.93. The quantitative estimate of drug-likeness (QED) is 0.517. The van der Waals surface area contributed by atoms with Crippen molar-refractivity contribution in [2.24, 2.45) is 0 Å². The Kier molecular flexibility index (Phi) is 3.67. The van der Waals surface area contributed by atoms with Gasteiger partial charge in [0.2, 0.25) is 0 Å². The van der Waals surface area contributed by atoms with Crippen LogP contribution in [0.25, 0.3) is 22.3 Å². The minimum Gasteiger partial charge on any atom is -0.228 e. The lowest BCUT2D eigenvalue weighted by Crippen LogP contribution is -1.92. The van der Waals surface area contributed by atoms with Gasteiger partial charge in [-0.2, -0.15) is 0 Å². The van der Waals surface area contributed by atoms with Gasteiger partial charge in [0.05, 0.1) is 5.52 Å². The van der Waals surface area contributed by atoms with Crippen molar-refractivity contribution in [2.45, 2.75) is 6.92 Å². The fraction of sp³-hybridized carbons (Fsp3) is 0.0667. The zero-order valence-corrected chi connectivity index (χ0v) is 13.6. The second-order valence-corrected chi connectivity index (χ2v) is 6.14. The summed E-state index contributed by atoms with van der Waals surface area (Å²) in [6.45, 7) is 1.96. The molecule has 0 atom stereocenters. The fourth-order valence-corrected chi connectivity index (χ4v) is 2.69. The minimum atomic E-state index is 0.439. The maximum absolute atomic E-state index is 6.24. The number of aryl methyl sites for hydroxylation is 1. The van der Waals surface area contributed by atoms with Gasteiger partial charge in [-0.1, -0.05) is 51.3 Å². The summed E-state index contributed by atoms with van der Waals surface area (Å²) in [5, 5.41) is 1.96. The van der Waals surface area contributed by atoms with Crippen LogP contribution in [0, 0.1) is 6.92 Å². The van der Waals surface area contributed by atoms with Crippen molar-refractivity contribution in [3.8, 4) is 11.4 Å². The molecule has 3 aromatic rings. The van der Waals surface area contributed by atoms with Crippen LogP contribution in [-0.4, -0.2) is 9.97 Å². The highest BCUT2D eigenvalue weighted by atomic mass is 79.9. The first-order valence-corrected chi connectivity index (χ1v) is 7.49. The maximum atomic E-state index is 6.24. The lowest BCUT2D eigenvalue weighted by atomic mass is 10.1. The third kappa shape index (κ3) is 2.53. The summed E-state index contributed by atoms with van der Waals surface area (Å²) in [6.07, 6.45) is 0. The number of hydrogen-bond donors (Lipinski definition) is 0. The molecule has 100 valence electrons. The van der Waals surface area contributed by atoms with Crippen LogP contribution in [0.3, 0.4) is 0 Å². The van der Waals surface area contributed by atoms with E-state index in [0.29, 0.717) is 16.0 Å². The normalized spacial score (nSPS) is 11.0. The number of rotatable bonds is 1. The van der Waals surface area contributed by atoms with Gasteiger partial charge in [0.25, 0.3) is 0 Å². The smallest absolute Gasteiger partial charge is 0.161 e. The van der Waals surface area contributed by atoms with E-state index in [9.17, 15) is 0 Å². The Morgan fingerprint density at radius 2 is 1.80 bits per heavy atom. The van der Waals surface area contributed by atoms with E-state index in [1.165, 1.54) is 0 Å². The lowest BCUT2D eigenvalue weighted by Gasteiger charge is -2.06. The van der Waals surface area contributed by atoms with Crippen molar-refractivity contribution < 1.29 is 0 Å². The molecular formula is C15H9BrCl2N2. The Bertz CT molecular complexity index is 818. The molecule has 3 rings (SSSR count). The average Bonchev–Trinajstić information content (AvgIpc) is 2.41. The highest BCUT2D eigenvalue weighted by molar-refractivity contribution is 9.10. The Balaban J connectivity index is 2.23. The van der Waals surface area contributed by atoms with Crippen LogP contribution < -0.4 is 0 Å². The van der Waals surface area contributed by atoms with Gasteiger partial charge < -0.3 is 0 Å². The first-order valence-electron chi connectivity index (χ1n) is 5.94. The Morgan fingerprint density at radius 3 is 2.55 bits per heavy atom. The van der Waals surface area contributed by atoms with Crippen molar-refractivity contribution in [3.05, 3.63) is 56.6 Å². The van der Waals surface area contributed by atoms with E-state index in [2.05, 4.69) is 25.9 Å². The van der Waals surface area contributed by atoms with Crippen LogP contribution in [0.5, 0.6) is 0 Å². The molecule has 2 aromatic carbocycles. The average molecular weight is 368 g/mol. The Morgan fingerprint density at radius 1 is 1.00 bits per heavy atom. The minimum absolute atomic E-state index is 0.439. The van der Waals surface area contributed by atoms with Crippen LogP contribution in [0.15, 0.2) is 40.9 Å². The predicted octanol–water partition coefficient (Wildman–Crippen LogP) is 5.67. The summed E-state index contributed by atoms with van der Waals surface area (Å²) >= 11 is 15.8. The molecule has 0 saturated heterocycles. The molecule has 0 aliphatic carbocycles. The number of halogens is 3. The molecule has 0 radical (unpaired) electrons. The largest absolute Gasteiger partial charge is 0.228 e. The third-order valence-electron chi connectivity index (χ3n) is 3.04. The van der Waals surface area contributed by atoms with E-state index in [-0.39, 0.29) is 0 Å². The lowest BCUT2D eigenvalue weighted by molar-refractivity contribution is 1.22. The van der Waals surface area contributed by atoms with Gasteiger partial charge in [-0.15, -0.1) is 0 Å². The van der Waals surface area contributed by atoms with Gasteiger partial charge in [-0.3, -0.25) is 0 Å². The molecule has 1 aromatic heterocycles. The van der Waals surface area contributed by atoms with Crippen LogP contribution in [-0.2, 0) is 0 Å². The Hall–Kier alpha value is -1.16. The first-order chi connectivity index (χ1) is 9.54. The maximum Gasteiger partial charge on any atom is 0.161 e. The molecule has 20 heavy (non-hydrogen) atoms. The molecule has 2 nitrogen and oxygen atoms in total. The molecule has 0 N–H and O–H groups in total. The molecule has 0 aliphatic heterocycles. The van der Waals surface area contributed by atoms with Crippen LogP contribution in [0.1, 0.15) is 5.56 Å². The second kappa shape index (κ2) is 5.32. The van der Waals surface area contributed by atoms with Crippen LogP contribution in [0.2, 0.25) is 10.2 Å². The van der Waals surface area contributed by atoms with Gasteiger partial charge in [0.15, 0.2) is 5.82 Å². The summed E-state index contributed by atoms with van der Waals surface area (Å²) in [5.41, 5.74) is 2.67. The zero-order chi connectivity index (χ0) is 14.3. The molecule has 0 saturated carbocycles. The summed E-state index contributed by atoms with van der Waals surface area (Å²) in [7, 11) is 0. The highest BCUT2D eigenvalue weighted by Gasteiger charge is 2.09. The number of aromatic nitrogens is 2. The van der Waals surface area contributed by atoms with E-state index >= 15 is 0 Å². The van der Waals surface area contributed by atoms with Gasteiger partial charge in [0, 0.05) is 20.4 Å². The van der Waals surface area contributed by atoms with E-state index < -0.39 is 0 Å². The van der Waals surface area contributed by atoms with Gasteiger partial charge in [0.1, 0.15) is 5.15 Å². The van der Waals surface area contributed by atoms with Crippen molar-refractivity contribution >= 4 is 50.0 Å². The molecule has 0 fully saturated rings. The van der Waals surface area contributed by atoms with Crippen molar-refractivity contribution in [1.82, 2.24) is 9.97 Å². The molecular weight excluding hydrogens is 359 g/mol. The standard InChI is InChI=1S/C15H9BrCl2N2/c1-8-2-3-9(6-12(8)17)15-19-13-7-10(16)4-5-11(13)14(18)20-15/h2-7H,1H3. The van der Waals surface area contributed by atoms with E-state index in [0.717, 1.165) is 26.5 Å². The molecule has 0 unspecified atom stereocenters. The summed E-state index contributed by atoms with van der Waals surface area (Å²) in [4.78, 5) is 8.91. The number of hydrogen-bond acceptors (Lipinski definition) is 2. The molecule has 0 aliphatic rings.